The summed E-state index contributed by atoms with van der Waals surface area (Å²) in [6, 6.07) is 0. The van der Waals surface area contributed by atoms with Crippen molar-refractivity contribution in [1.29, 1.82) is 0 Å². The molecule has 0 spiro atoms. The Hall–Kier alpha value is -0.170. The maximum Gasteiger partial charge on any atom is 0.281 e. The first-order chi connectivity index (χ1) is 8.48. The van der Waals surface area contributed by atoms with E-state index in [1.165, 1.54) is 4.31 Å². The molecule has 1 rings (SSSR count). The van der Waals surface area contributed by atoms with E-state index in [0.29, 0.717) is 25.6 Å². The molecule has 0 aromatic heterocycles. The lowest BCUT2D eigenvalue weighted by atomic mass is 10.0. The van der Waals surface area contributed by atoms with Gasteiger partial charge in [-0.3, -0.25) is 0 Å². The van der Waals surface area contributed by atoms with Gasteiger partial charge in [-0.15, -0.1) is 0 Å². The highest BCUT2D eigenvalue weighted by atomic mass is 32.2. The minimum atomic E-state index is -3.28. The molecule has 108 valence electrons. The third-order valence-electron chi connectivity index (χ3n) is 3.47. The Labute approximate surface area is 111 Å². The number of hydrogen-bond donors (Lipinski definition) is 1. The van der Waals surface area contributed by atoms with Gasteiger partial charge in [0.15, 0.2) is 0 Å². The van der Waals surface area contributed by atoms with E-state index in [-0.39, 0.29) is 6.61 Å². The lowest BCUT2D eigenvalue weighted by molar-refractivity contribution is 0.260. The molecule has 1 unspecified atom stereocenters. The Kier molecular flexibility index (Phi) is 6.55. The first-order valence-electron chi connectivity index (χ1n) is 6.80. The topological polar surface area (TPSA) is 60.9 Å². The number of nitrogens with zero attached hydrogens (tertiary/aromatic N) is 2. The van der Waals surface area contributed by atoms with Crippen LogP contribution in [0, 0.1) is 5.92 Å². The number of rotatable bonds is 7. The average Bonchev–Trinajstić information content (AvgIpc) is 2.34. The van der Waals surface area contributed by atoms with Crippen LogP contribution in [0.25, 0.3) is 0 Å². The summed E-state index contributed by atoms with van der Waals surface area (Å²) in [5.74, 6) is 0.455. The average molecular weight is 278 g/mol. The Morgan fingerprint density at radius 1 is 1.33 bits per heavy atom. The van der Waals surface area contributed by atoms with Gasteiger partial charge in [-0.1, -0.05) is 6.92 Å². The minimum Gasteiger partial charge on any atom is -0.396 e. The zero-order valence-corrected chi connectivity index (χ0v) is 12.3. The number of unbranched alkanes of at least 4 members (excludes halogenated alkanes) is 2. The predicted octanol–water partition coefficient (Wildman–Crippen LogP) is 1.06. The van der Waals surface area contributed by atoms with Gasteiger partial charge in [0.25, 0.3) is 10.2 Å². The van der Waals surface area contributed by atoms with Gasteiger partial charge in [0.2, 0.25) is 0 Å². The molecule has 0 bridgehead atoms. The summed E-state index contributed by atoms with van der Waals surface area (Å²) in [7, 11) is -1.63. The maximum atomic E-state index is 12.3. The summed E-state index contributed by atoms with van der Waals surface area (Å²) in [5, 5.41) is 8.68. The summed E-state index contributed by atoms with van der Waals surface area (Å²) in [6.07, 6.45) is 4.49. The molecule has 1 saturated heterocycles. The van der Waals surface area contributed by atoms with Crippen molar-refractivity contribution in [2.45, 2.75) is 39.0 Å². The Bertz CT molecular complexity index is 332. The van der Waals surface area contributed by atoms with Crippen molar-refractivity contribution < 1.29 is 13.5 Å². The largest absolute Gasteiger partial charge is 0.396 e. The van der Waals surface area contributed by atoms with Gasteiger partial charge in [-0.05, 0) is 38.0 Å². The number of aliphatic hydroxyl groups excluding tert-OH is 1. The van der Waals surface area contributed by atoms with Crippen LogP contribution in [0.2, 0.25) is 0 Å². The van der Waals surface area contributed by atoms with Crippen LogP contribution in [-0.4, -0.2) is 55.4 Å². The molecule has 1 aliphatic heterocycles. The molecule has 0 aromatic rings. The van der Waals surface area contributed by atoms with E-state index in [9.17, 15) is 8.42 Å². The quantitative estimate of drug-likeness (QED) is 0.708. The molecule has 0 saturated carbocycles. The standard InChI is InChI=1S/C12H26N2O3S/c1-12-7-6-9-14(11-12)18(16,17)13(2)8-4-3-5-10-15/h12,15H,3-11H2,1-2H3. The van der Waals surface area contributed by atoms with Crippen LogP contribution in [0.5, 0.6) is 0 Å². The van der Waals surface area contributed by atoms with E-state index in [0.717, 1.165) is 32.1 Å². The molecule has 1 aliphatic rings. The molecule has 1 heterocycles. The summed E-state index contributed by atoms with van der Waals surface area (Å²) in [5.41, 5.74) is 0. The first-order valence-corrected chi connectivity index (χ1v) is 8.20. The van der Waals surface area contributed by atoms with Gasteiger partial charge in [0.05, 0.1) is 0 Å². The summed E-state index contributed by atoms with van der Waals surface area (Å²) in [4.78, 5) is 0. The Balaban J connectivity index is 2.45. The van der Waals surface area contributed by atoms with Crippen molar-refractivity contribution in [2.75, 3.05) is 33.3 Å². The fourth-order valence-electron chi connectivity index (χ4n) is 2.29. The third-order valence-corrected chi connectivity index (χ3v) is 5.43. The molecule has 1 fully saturated rings. The lowest BCUT2D eigenvalue weighted by Gasteiger charge is -2.33. The van der Waals surface area contributed by atoms with Crippen LogP contribution in [0.1, 0.15) is 39.0 Å². The predicted molar refractivity (Wildman–Crippen MR) is 72.5 cm³/mol. The number of hydrogen-bond acceptors (Lipinski definition) is 3. The second-order valence-corrected chi connectivity index (χ2v) is 7.25. The molecule has 18 heavy (non-hydrogen) atoms. The number of piperidine rings is 1. The van der Waals surface area contributed by atoms with Gasteiger partial charge in [0, 0.05) is 33.3 Å². The zero-order valence-electron chi connectivity index (χ0n) is 11.5. The van der Waals surface area contributed by atoms with Crippen molar-refractivity contribution in [1.82, 2.24) is 8.61 Å². The van der Waals surface area contributed by atoms with Crippen LogP contribution in [0.15, 0.2) is 0 Å². The van der Waals surface area contributed by atoms with E-state index in [4.69, 9.17) is 5.11 Å². The fourth-order valence-corrected chi connectivity index (χ4v) is 3.85. The molecule has 5 nitrogen and oxygen atoms in total. The van der Waals surface area contributed by atoms with Crippen molar-refractivity contribution >= 4 is 10.2 Å². The summed E-state index contributed by atoms with van der Waals surface area (Å²) < 4.78 is 27.6. The smallest absolute Gasteiger partial charge is 0.281 e. The highest BCUT2D eigenvalue weighted by Gasteiger charge is 2.29. The van der Waals surface area contributed by atoms with Crippen LogP contribution >= 0.6 is 0 Å². The van der Waals surface area contributed by atoms with Crippen LogP contribution < -0.4 is 0 Å². The van der Waals surface area contributed by atoms with E-state index in [1.54, 1.807) is 11.4 Å². The maximum absolute atomic E-state index is 12.3. The van der Waals surface area contributed by atoms with Crippen molar-refractivity contribution in [2.24, 2.45) is 5.92 Å². The van der Waals surface area contributed by atoms with Crippen molar-refractivity contribution in [3.05, 3.63) is 0 Å². The van der Waals surface area contributed by atoms with E-state index in [1.807, 2.05) is 0 Å². The highest BCUT2D eigenvalue weighted by molar-refractivity contribution is 7.86. The second kappa shape index (κ2) is 7.43. The van der Waals surface area contributed by atoms with Crippen molar-refractivity contribution in [3.63, 3.8) is 0 Å². The van der Waals surface area contributed by atoms with Gasteiger partial charge in [0.1, 0.15) is 0 Å². The fraction of sp³-hybridized carbons (Fsp3) is 1.00. The summed E-state index contributed by atoms with van der Waals surface area (Å²) in [6.45, 7) is 4.10. The Morgan fingerprint density at radius 2 is 2.06 bits per heavy atom. The van der Waals surface area contributed by atoms with Crippen LogP contribution in [0.3, 0.4) is 0 Å². The number of aliphatic hydroxyl groups is 1. The molecule has 0 amide bonds. The van der Waals surface area contributed by atoms with Crippen molar-refractivity contribution in [3.8, 4) is 0 Å². The molecule has 1 N–H and O–H groups in total. The van der Waals surface area contributed by atoms with E-state index < -0.39 is 10.2 Å². The van der Waals surface area contributed by atoms with Crippen LogP contribution in [0.4, 0.5) is 0 Å². The van der Waals surface area contributed by atoms with E-state index >= 15 is 0 Å². The molecular weight excluding hydrogens is 252 g/mol. The van der Waals surface area contributed by atoms with Crippen LogP contribution in [-0.2, 0) is 10.2 Å². The molecule has 0 radical (unpaired) electrons. The SMILES string of the molecule is CC1CCCN(S(=O)(=O)N(C)CCCCCO)C1. The first kappa shape index (κ1) is 15.9. The van der Waals surface area contributed by atoms with Gasteiger partial charge in [-0.25, -0.2) is 0 Å². The van der Waals surface area contributed by atoms with Gasteiger partial charge >= 0.3 is 0 Å². The monoisotopic (exact) mass is 278 g/mol. The normalized spacial score (nSPS) is 22.6. The molecule has 0 aromatic carbocycles. The van der Waals surface area contributed by atoms with Gasteiger partial charge < -0.3 is 5.11 Å². The minimum absolute atomic E-state index is 0.181. The Morgan fingerprint density at radius 3 is 2.67 bits per heavy atom. The van der Waals surface area contributed by atoms with Gasteiger partial charge in [-0.2, -0.15) is 17.0 Å². The molecular formula is C12H26N2O3S. The molecule has 0 aliphatic carbocycles. The molecule has 1 atom stereocenters. The lowest BCUT2D eigenvalue weighted by Crippen LogP contribution is -2.46. The second-order valence-electron chi connectivity index (χ2n) is 5.22. The highest BCUT2D eigenvalue weighted by Crippen LogP contribution is 2.20. The van der Waals surface area contributed by atoms with E-state index in [2.05, 4.69) is 6.92 Å². The molecule has 6 heteroatoms. The third kappa shape index (κ3) is 4.50. The summed E-state index contributed by atoms with van der Waals surface area (Å²) >= 11 is 0. The zero-order chi connectivity index (χ0) is 13.6.